The van der Waals surface area contributed by atoms with Gasteiger partial charge in [-0.05, 0) is 31.4 Å². The molecule has 0 bridgehead atoms. The van der Waals surface area contributed by atoms with E-state index in [2.05, 4.69) is 36.1 Å². The lowest BCUT2D eigenvalue weighted by molar-refractivity contribution is 0.106. The normalized spacial score (nSPS) is 23.8. The Morgan fingerprint density at radius 3 is 2.90 bits per heavy atom. The highest BCUT2D eigenvalue weighted by Gasteiger charge is 2.27. The molecular weight excluding hydrogens is 260 g/mol. The highest BCUT2D eigenvalue weighted by molar-refractivity contribution is 5.81. The summed E-state index contributed by atoms with van der Waals surface area (Å²) in [4.78, 5) is 2.53. The van der Waals surface area contributed by atoms with Crippen LogP contribution in [0.2, 0.25) is 0 Å². The zero-order chi connectivity index (χ0) is 14.8. The van der Waals surface area contributed by atoms with Gasteiger partial charge in [0, 0.05) is 31.6 Å². The zero-order valence-corrected chi connectivity index (χ0v) is 13.1. The third-order valence-corrected chi connectivity index (χ3v) is 4.98. The van der Waals surface area contributed by atoms with Gasteiger partial charge in [0.15, 0.2) is 0 Å². The van der Waals surface area contributed by atoms with Crippen molar-refractivity contribution in [3.8, 4) is 0 Å². The predicted molar refractivity (Wildman–Crippen MR) is 87.0 cm³/mol. The standard InChI is InChI=1S/C17H26N4/c1-3-13-8-9-21(14(10-13)11-18)12-16-15-6-4-5-7-17(15)20(2)19-16/h4-7,13-14H,3,8-12,18H2,1-2H3. The van der Waals surface area contributed by atoms with Crippen LogP contribution in [0.5, 0.6) is 0 Å². The van der Waals surface area contributed by atoms with E-state index in [4.69, 9.17) is 10.8 Å². The lowest BCUT2D eigenvalue weighted by atomic mass is 9.89. The van der Waals surface area contributed by atoms with Crippen LogP contribution in [-0.2, 0) is 13.6 Å². The number of fused-ring (bicyclic) bond motifs is 1. The topological polar surface area (TPSA) is 47.1 Å². The molecule has 1 saturated heterocycles. The molecule has 2 unspecified atom stereocenters. The fourth-order valence-corrected chi connectivity index (χ4v) is 3.60. The van der Waals surface area contributed by atoms with Crippen LogP contribution in [0.15, 0.2) is 24.3 Å². The van der Waals surface area contributed by atoms with Gasteiger partial charge in [0.1, 0.15) is 0 Å². The lowest BCUT2D eigenvalue weighted by Crippen LogP contribution is -2.46. The average Bonchev–Trinajstić information content (AvgIpc) is 2.84. The molecule has 0 radical (unpaired) electrons. The van der Waals surface area contributed by atoms with Gasteiger partial charge >= 0.3 is 0 Å². The third kappa shape index (κ3) is 2.83. The van der Waals surface area contributed by atoms with E-state index < -0.39 is 0 Å². The SMILES string of the molecule is CCC1CCN(Cc2nn(C)c3ccccc23)C(CN)C1. The molecule has 2 N–H and O–H groups in total. The largest absolute Gasteiger partial charge is 0.329 e. The second-order valence-corrected chi connectivity index (χ2v) is 6.25. The number of hydrogen-bond acceptors (Lipinski definition) is 3. The molecule has 3 rings (SSSR count). The molecule has 2 aromatic rings. The predicted octanol–water partition coefficient (Wildman–Crippen LogP) is 2.52. The fraction of sp³-hybridized carbons (Fsp3) is 0.588. The van der Waals surface area contributed by atoms with Crippen molar-refractivity contribution in [3.05, 3.63) is 30.0 Å². The Morgan fingerprint density at radius 2 is 2.14 bits per heavy atom. The number of aromatic nitrogens is 2. The van der Waals surface area contributed by atoms with Gasteiger partial charge in [0.2, 0.25) is 0 Å². The summed E-state index contributed by atoms with van der Waals surface area (Å²) in [6, 6.07) is 8.98. The van der Waals surface area contributed by atoms with E-state index in [0.717, 1.165) is 25.6 Å². The number of hydrogen-bond donors (Lipinski definition) is 1. The van der Waals surface area contributed by atoms with E-state index >= 15 is 0 Å². The number of piperidine rings is 1. The van der Waals surface area contributed by atoms with Crippen molar-refractivity contribution in [2.45, 2.75) is 38.8 Å². The number of aryl methyl sites for hydroxylation is 1. The minimum Gasteiger partial charge on any atom is -0.329 e. The van der Waals surface area contributed by atoms with Crippen LogP contribution < -0.4 is 5.73 Å². The van der Waals surface area contributed by atoms with Gasteiger partial charge in [-0.25, -0.2) is 0 Å². The summed E-state index contributed by atoms with van der Waals surface area (Å²) in [6.07, 6.45) is 3.80. The minimum atomic E-state index is 0.504. The van der Waals surface area contributed by atoms with Crippen molar-refractivity contribution in [1.82, 2.24) is 14.7 Å². The van der Waals surface area contributed by atoms with Crippen LogP contribution in [0, 0.1) is 5.92 Å². The van der Waals surface area contributed by atoms with Crippen LogP contribution in [0.1, 0.15) is 31.9 Å². The lowest BCUT2D eigenvalue weighted by Gasteiger charge is -2.38. The van der Waals surface area contributed by atoms with Gasteiger partial charge in [0.25, 0.3) is 0 Å². The highest BCUT2D eigenvalue weighted by Crippen LogP contribution is 2.27. The summed E-state index contributed by atoms with van der Waals surface area (Å²) in [5.74, 6) is 0.843. The number of nitrogens with zero attached hydrogens (tertiary/aromatic N) is 3. The van der Waals surface area contributed by atoms with E-state index in [1.54, 1.807) is 0 Å². The van der Waals surface area contributed by atoms with E-state index in [-0.39, 0.29) is 0 Å². The van der Waals surface area contributed by atoms with Crippen LogP contribution in [0.4, 0.5) is 0 Å². The summed E-state index contributed by atoms with van der Waals surface area (Å²) >= 11 is 0. The first kappa shape index (κ1) is 14.5. The molecule has 2 atom stereocenters. The van der Waals surface area contributed by atoms with Crippen molar-refractivity contribution in [1.29, 1.82) is 0 Å². The Labute approximate surface area is 126 Å². The number of likely N-dealkylation sites (tertiary alicyclic amines) is 1. The van der Waals surface area contributed by atoms with E-state index in [1.165, 1.54) is 35.9 Å². The number of rotatable bonds is 4. The molecule has 0 aliphatic carbocycles. The molecule has 1 aromatic heterocycles. The van der Waals surface area contributed by atoms with Crippen molar-refractivity contribution >= 4 is 10.9 Å². The molecule has 0 spiro atoms. The molecule has 114 valence electrons. The smallest absolute Gasteiger partial charge is 0.0843 e. The van der Waals surface area contributed by atoms with Gasteiger partial charge < -0.3 is 5.73 Å². The van der Waals surface area contributed by atoms with Crippen molar-refractivity contribution in [2.75, 3.05) is 13.1 Å². The average molecular weight is 286 g/mol. The number of para-hydroxylation sites is 1. The molecule has 1 aliphatic heterocycles. The first-order valence-electron chi connectivity index (χ1n) is 8.07. The quantitative estimate of drug-likeness (QED) is 0.939. The van der Waals surface area contributed by atoms with Crippen LogP contribution in [0.25, 0.3) is 10.9 Å². The van der Waals surface area contributed by atoms with Crippen molar-refractivity contribution in [2.24, 2.45) is 18.7 Å². The van der Waals surface area contributed by atoms with Gasteiger partial charge in [-0.15, -0.1) is 0 Å². The minimum absolute atomic E-state index is 0.504. The molecule has 1 fully saturated rings. The summed E-state index contributed by atoms with van der Waals surface area (Å²) in [7, 11) is 2.02. The Morgan fingerprint density at radius 1 is 1.33 bits per heavy atom. The summed E-state index contributed by atoms with van der Waals surface area (Å²) in [5.41, 5.74) is 8.41. The van der Waals surface area contributed by atoms with Crippen molar-refractivity contribution < 1.29 is 0 Å². The molecule has 1 aromatic carbocycles. The van der Waals surface area contributed by atoms with E-state index in [9.17, 15) is 0 Å². The Bertz CT molecular complexity index is 604. The van der Waals surface area contributed by atoms with Gasteiger partial charge in [0.05, 0.1) is 11.2 Å². The Balaban J connectivity index is 1.81. The highest BCUT2D eigenvalue weighted by atomic mass is 15.3. The summed E-state index contributed by atoms with van der Waals surface area (Å²) in [6.45, 7) is 5.10. The summed E-state index contributed by atoms with van der Waals surface area (Å²) in [5, 5.41) is 6.00. The van der Waals surface area contributed by atoms with Crippen LogP contribution in [0.3, 0.4) is 0 Å². The molecule has 4 nitrogen and oxygen atoms in total. The van der Waals surface area contributed by atoms with Crippen molar-refractivity contribution in [3.63, 3.8) is 0 Å². The monoisotopic (exact) mass is 286 g/mol. The molecule has 0 saturated carbocycles. The summed E-state index contributed by atoms with van der Waals surface area (Å²) < 4.78 is 1.99. The van der Waals surface area contributed by atoms with Gasteiger partial charge in [-0.1, -0.05) is 31.5 Å². The Kier molecular flexibility index (Phi) is 4.27. The number of nitrogens with two attached hydrogens (primary N) is 1. The van der Waals surface area contributed by atoms with E-state index in [0.29, 0.717) is 6.04 Å². The fourth-order valence-electron chi connectivity index (χ4n) is 3.60. The molecule has 1 aliphatic rings. The van der Waals surface area contributed by atoms with Gasteiger partial charge in [-0.2, -0.15) is 5.10 Å². The third-order valence-electron chi connectivity index (χ3n) is 4.98. The second-order valence-electron chi connectivity index (χ2n) is 6.25. The van der Waals surface area contributed by atoms with Crippen LogP contribution in [-0.4, -0.2) is 33.8 Å². The maximum atomic E-state index is 6.01. The van der Waals surface area contributed by atoms with Crippen LogP contribution >= 0.6 is 0 Å². The molecule has 0 amide bonds. The molecule has 2 heterocycles. The maximum Gasteiger partial charge on any atom is 0.0843 e. The molecular formula is C17H26N4. The first-order chi connectivity index (χ1) is 10.2. The first-order valence-corrected chi connectivity index (χ1v) is 8.07. The second kappa shape index (κ2) is 6.16. The van der Waals surface area contributed by atoms with Gasteiger partial charge in [-0.3, -0.25) is 9.58 Å². The number of benzene rings is 1. The van der Waals surface area contributed by atoms with E-state index in [1.807, 2.05) is 11.7 Å². The molecule has 4 heteroatoms. The maximum absolute atomic E-state index is 6.01. The zero-order valence-electron chi connectivity index (χ0n) is 13.1. The molecule has 21 heavy (non-hydrogen) atoms. The Hall–Kier alpha value is -1.39.